The molecule has 0 aliphatic heterocycles. The summed E-state index contributed by atoms with van der Waals surface area (Å²) in [6, 6.07) is 4.84. The normalized spacial score (nSPS) is 9.92. The summed E-state index contributed by atoms with van der Waals surface area (Å²) in [6.45, 7) is 0. The minimum atomic E-state index is -0.343. The Morgan fingerprint density at radius 1 is 1.54 bits per heavy atom. The Morgan fingerprint density at radius 2 is 2.23 bits per heavy atom. The molecular weight excluding hydrogens is 190 g/mol. The van der Waals surface area contributed by atoms with Crippen molar-refractivity contribution >= 4 is 17.5 Å². The highest BCUT2D eigenvalue weighted by Crippen LogP contribution is 2.23. The maximum Gasteiger partial charge on any atom is 0.217 e. The van der Waals surface area contributed by atoms with Gasteiger partial charge in [-0.25, -0.2) is 0 Å². The number of phenols is 1. The van der Waals surface area contributed by atoms with E-state index in [4.69, 9.17) is 22.4 Å². The summed E-state index contributed by atoms with van der Waals surface area (Å²) in [4.78, 5) is 10.5. The van der Waals surface area contributed by atoms with Gasteiger partial charge in [-0.3, -0.25) is 4.79 Å². The van der Waals surface area contributed by atoms with E-state index in [2.05, 4.69) is 0 Å². The molecule has 70 valence electrons. The van der Waals surface area contributed by atoms with Crippen LogP contribution in [0, 0.1) is 0 Å². The van der Waals surface area contributed by atoms with Crippen LogP contribution >= 0.6 is 11.6 Å². The maximum atomic E-state index is 10.5. The van der Waals surface area contributed by atoms with Crippen molar-refractivity contribution in [2.75, 3.05) is 0 Å². The van der Waals surface area contributed by atoms with Gasteiger partial charge in [-0.15, -0.1) is 0 Å². The molecule has 0 aromatic heterocycles. The Hall–Kier alpha value is -1.22. The Kier molecular flexibility index (Phi) is 3.14. The van der Waals surface area contributed by atoms with Gasteiger partial charge in [0.2, 0.25) is 5.91 Å². The minimum absolute atomic E-state index is 0.0458. The van der Waals surface area contributed by atoms with Crippen LogP contribution in [0.2, 0.25) is 5.02 Å². The molecule has 0 bridgehead atoms. The molecule has 3 nitrogen and oxygen atoms in total. The van der Waals surface area contributed by atoms with Gasteiger partial charge in [0, 0.05) is 6.42 Å². The number of amides is 1. The van der Waals surface area contributed by atoms with Crippen molar-refractivity contribution in [3.63, 3.8) is 0 Å². The number of carbonyl (C=O) groups excluding carboxylic acids is 1. The maximum absolute atomic E-state index is 10.5. The molecular formula is C9H10ClNO2. The smallest absolute Gasteiger partial charge is 0.217 e. The van der Waals surface area contributed by atoms with Gasteiger partial charge in [-0.1, -0.05) is 17.7 Å². The quantitative estimate of drug-likeness (QED) is 0.774. The standard InChI is InChI=1S/C9H10ClNO2/c10-7-5-6(1-3-8(7)12)2-4-9(11)13/h1,3,5,12H,2,4H2,(H2,11,13). The van der Waals surface area contributed by atoms with Crippen LogP contribution in [0.4, 0.5) is 0 Å². The first kappa shape index (κ1) is 9.86. The number of rotatable bonds is 3. The van der Waals surface area contributed by atoms with Crippen LogP contribution < -0.4 is 5.73 Å². The Labute approximate surface area is 81.1 Å². The molecule has 0 radical (unpaired) electrons. The van der Waals surface area contributed by atoms with E-state index in [9.17, 15) is 4.79 Å². The predicted molar refractivity (Wildman–Crippen MR) is 50.6 cm³/mol. The van der Waals surface area contributed by atoms with Crippen LogP contribution in [0.15, 0.2) is 18.2 Å². The second kappa shape index (κ2) is 4.14. The molecule has 0 spiro atoms. The van der Waals surface area contributed by atoms with E-state index in [1.807, 2.05) is 0 Å². The lowest BCUT2D eigenvalue weighted by molar-refractivity contribution is -0.117. The molecule has 0 saturated carbocycles. The van der Waals surface area contributed by atoms with Crippen molar-refractivity contribution in [1.82, 2.24) is 0 Å². The highest BCUT2D eigenvalue weighted by molar-refractivity contribution is 6.32. The summed E-state index contributed by atoms with van der Waals surface area (Å²) >= 11 is 5.66. The highest BCUT2D eigenvalue weighted by atomic mass is 35.5. The molecule has 0 heterocycles. The first-order chi connectivity index (χ1) is 6.09. The predicted octanol–water partition coefficient (Wildman–Crippen LogP) is 1.46. The fraction of sp³-hybridized carbons (Fsp3) is 0.222. The average molecular weight is 200 g/mol. The fourth-order valence-corrected chi connectivity index (χ4v) is 1.18. The molecule has 4 heteroatoms. The third kappa shape index (κ3) is 2.95. The Morgan fingerprint density at radius 3 is 2.77 bits per heavy atom. The number of primary amides is 1. The largest absolute Gasteiger partial charge is 0.506 e. The molecule has 0 saturated heterocycles. The number of aromatic hydroxyl groups is 1. The van der Waals surface area contributed by atoms with Gasteiger partial charge in [0.15, 0.2) is 0 Å². The van der Waals surface area contributed by atoms with Crippen molar-refractivity contribution in [3.8, 4) is 5.75 Å². The van der Waals surface area contributed by atoms with E-state index >= 15 is 0 Å². The van der Waals surface area contributed by atoms with E-state index in [0.717, 1.165) is 5.56 Å². The van der Waals surface area contributed by atoms with Gasteiger partial charge < -0.3 is 10.8 Å². The molecule has 1 aromatic rings. The van der Waals surface area contributed by atoms with Crippen molar-refractivity contribution in [1.29, 1.82) is 0 Å². The summed E-state index contributed by atoms with van der Waals surface area (Å²) < 4.78 is 0. The molecule has 0 unspecified atom stereocenters. The van der Waals surface area contributed by atoms with Crippen molar-refractivity contribution < 1.29 is 9.90 Å². The van der Waals surface area contributed by atoms with Gasteiger partial charge in [-0.2, -0.15) is 0 Å². The van der Waals surface area contributed by atoms with Crippen molar-refractivity contribution in [3.05, 3.63) is 28.8 Å². The van der Waals surface area contributed by atoms with Gasteiger partial charge in [0.05, 0.1) is 5.02 Å². The third-order valence-electron chi connectivity index (χ3n) is 1.67. The lowest BCUT2D eigenvalue weighted by Gasteiger charge is -2.01. The number of carbonyl (C=O) groups is 1. The molecule has 1 amide bonds. The van der Waals surface area contributed by atoms with Crippen LogP contribution in [0.5, 0.6) is 5.75 Å². The van der Waals surface area contributed by atoms with Crippen LogP contribution in [0.1, 0.15) is 12.0 Å². The summed E-state index contributed by atoms with van der Waals surface area (Å²) in [5, 5.41) is 9.39. The van der Waals surface area contributed by atoms with E-state index in [1.165, 1.54) is 6.07 Å². The lowest BCUT2D eigenvalue weighted by Crippen LogP contribution is -2.11. The number of halogens is 1. The van der Waals surface area contributed by atoms with Crippen LogP contribution in [0.25, 0.3) is 0 Å². The zero-order chi connectivity index (χ0) is 9.84. The van der Waals surface area contributed by atoms with Crippen molar-refractivity contribution in [2.24, 2.45) is 5.73 Å². The Balaban J connectivity index is 2.68. The summed E-state index contributed by atoms with van der Waals surface area (Å²) in [5.41, 5.74) is 5.88. The average Bonchev–Trinajstić information content (AvgIpc) is 2.07. The zero-order valence-corrected chi connectivity index (χ0v) is 7.71. The second-order valence-corrected chi connectivity index (χ2v) is 3.16. The first-order valence-corrected chi connectivity index (χ1v) is 4.23. The number of hydrogen-bond acceptors (Lipinski definition) is 2. The minimum Gasteiger partial charge on any atom is -0.506 e. The van der Waals surface area contributed by atoms with Crippen molar-refractivity contribution in [2.45, 2.75) is 12.8 Å². The molecule has 1 rings (SSSR count). The molecule has 0 aliphatic rings. The van der Waals surface area contributed by atoms with E-state index in [0.29, 0.717) is 17.9 Å². The fourth-order valence-electron chi connectivity index (χ4n) is 0.973. The highest BCUT2D eigenvalue weighted by Gasteiger charge is 2.01. The molecule has 0 fully saturated rings. The van der Waals surface area contributed by atoms with Gasteiger partial charge >= 0.3 is 0 Å². The van der Waals surface area contributed by atoms with E-state index < -0.39 is 0 Å². The van der Waals surface area contributed by atoms with Crippen LogP contribution in [-0.2, 0) is 11.2 Å². The number of benzene rings is 1. The second-order valence-electron chi connectivity index (χ2n) is 2.75. The van der Waals surface area contributed by atoms with Gasteiger partial charge in [0.25, 0.3) is 0 Å². The summed E-state index contributed by atoms with van der Waals surface area (Å²) in [7, 11) is 0. The summed E-state index contributed by atoms with van der Waals surface area (Å²) in [6.07, 6.45) is 0.844. The van der Waals surface area contributed by atoms with Gasteiger partial charge in [-0.05, 0) is 24.1 Å². The molecule has 13 heavy (non-hydrogen) atoms. The first-order valence-electron chi connectivity index (χ1n) is 3.85. The Bertz CT molecular complexity index is 325. The summed E-state index contributed by atoms with van der Waals surface area (Å²) in [5.74, 6) is -0.298. The molecule has 3 N–H and O–H groups in total. The molecule has 0 aliphatic carbocycles. The topological polar surface area (TPSA) is 63.3 Å². The van der Waals surface area contributed by atoms with Crippen LogP contribution in [-0.4, -0.2) is 11.0 Å². The van der Waals surface area contributed by atoms with Gasteiger partial charge in [0.1, 0.15) is 5.75 Å². The zero-order valence-electron chi connectivity index (χ0n) is 6.96. The monoisotopic (exact) mass is 199 g/mol. The van der Waals surface area contributed by atoms with E-state index in [-0.39, 0.29) is 11.7 Å². The van der Waals surface area contributed by atoms with E-state index in [1.54, 1.807) is 12.1 Å². The third-order valence-corrected chi connectivity index (χ3v) is 1.97. The number of nitrogens with two attached hydrogens (primary N) is 1. The number of phenolic OH excluding ortho intramolecular Hbond substituents is 1. The molecule has 1 aromatic carbocycles. The number of aryl methyl sites for hydroxylation is 1. The van der Waals surface area contributed by atoms with Crippen LogP contribution in [0.3, 0.4) is 0 Å². The molecule has 0 atom stereocenters. The number of hydrogen-bond donors (Lipinski definition) is 2. The lowest BCUT2D eigenvalue weighted by atomic mass is 10.1. The SMILES string of the molecule is NC(=O)CCc1ccc(O)c(Cl)c1.